The summed E-state index contributed by atoms with van der Waals surface area (Å²) in [5, 5.41) is 5.51. The van der Waals surface area contributed by atoms with Gasteiger partial charge in [-0.2, -0.15) is 0 Å². The second-order valence-corrected chi connectivity index (χ2v) is 11.1. The lowest BCUT2D eigenvalue weighted by atomic mass is 9.86. The molecule has 0 radical (unpaired) electrons. The van der Waals surface area contributed by atoms with Crippen LogP contribution in [-0.4, -0.2) is 35.4 Å². The third-order valence-corrected chi connectivity index (χ3v) is 6.97. The molecule has 0 aliphatic heterocycles. The van der Waals surface area contributed by atoms with Crippen molar-refractivity contribution in [3.8, 4) is 22.3 Å². The summed E-state index contributed by atoms with van der Waals surface area (Å²) in [5.74, 6) is -1.25. The summed E-state index contributed by atoms with van der Waals surface area (Å²) in [4.78, 5) is 39.2. The largest absolute Gasteiger partial charge is 0.461 e. The highest BCUT2D eigenvalue weighted by atomic mass is 16.5. The number of carbonyl (C=O) groups excluding carboxylic acids is 3. The predicted molar refractivity (Wildman–Crippen MR) is 161 cm³/mol. The molecule has 0 saturated carbocycles. The van der Waals surface area contributed by atoms with Gasteiger partial charge in [0, 0.05) is 19.4 Å². The number of nitrogens with one attached hydrogen (secondary N) is 2. The highest BCUT2D eigenvalue weighted by Gasteiger charge is 2.35. The van der Waals surface area contributed by atoms with E-state index in [-0.39, 0.29) is 18.9 Å². The molecule has 2 atom stereocenters. The molecule has 1 heterocycles. The molecule has 2 amide bonds. The summed E-state index contributed by atoms with van der Waals surface area (Å²) >= 11 is 0. The first-order valence-electron chi connectivity index (χ1n) is 13.7. The third kappa shape index (κ3) is 7.72. The molecule has 2 unspecified atom stereocenters. The van der Waals surface area contributed by atoms with E-state index in [9.17, 15) is 14.4 Å². The topological polar surface area (TPSA) is 89.4 Å². The van der Waals surface area contributed by atoms with E-state index in [1.807, 2.05) is 93.7 Å². The standard InChI is InChI=1S/C34H37N3O4/c1-34(2,3)31(33(40)35-4)36-32(39)29(21-30(38)41-23-24-11-7-5-8-12-24)37-20-19-28(22-37)27-17-15-26(16-18-27)25-13-9-6-10-14-25/h5-20,22,29,31H,21,23H2,1-4H3,(H,35,40)(H,36,39). The van der Waals surface area contributed by atoms with Gasteiger partial charge in [-0.15, -0.1) is 0 Å². The van der Waals surface area contributed by atoms with Gasteiger partial charge in [0.15, 0.2) is 0 Å². The van der Waals surface area contributed by atoms with Crippen LogP contribution in [0.15, 0.2) is 103 Å². The Morgan fingerprint density at radius 3 is 1.90 bits per heavy atom. The van der Waals surface area contributed by atoms with Crippen molar-refractivity contribution < 1.29 is 19.1 Å². The van der Waals surface area contributed by atoms with Gasteiger partial charge in [-0.3, -0.25) is 14.4 Å². The summed E-state index contributed by atoms with van der Waals surface area (Å²) in [6.07, 6.45) is 3.43. The number of esters is 1. The van der Waals surface area contributed by atoms with E-state index in [1.165, 1.54) is 7.05 Å². The minimum absolute atomic E-state index is 0.113. The lowest BCUT2D eigenvalue weighted by Crippen LogP contribution is -2.54. The molecule has 1 aromatic heterocycles. The average molecular weight is 552 g/mol. The van der Waals surface area contributed by atoms with Crippen molar-refractivity contribution in [3.63, 3.8) is 0 Å². The Morgan fingerprint density at radius 2 is 1.32 bits per heavy atom. The smallest absolute Gasteiger partial charge is 0.308 e. The molecule has 212 valence electrons. The normalized spacial score (nSPS) is 12.7. The Bertz CT molecular complexity index is 1460. The summed E-state index contributed by atoms with van der Waals surface area (Å²) in [6.45, 7) is 5.75. The number of aromatic nitrogens is 1. The van der Waals surface area contributed by atoms with Gasteiger partial charge < -0.3 is 19.9 Å². The fraction of sp³-hybridized carbons (Fsp3) is 0.265. The Kier molecular flexibility index (Phi) is 9.40. The first kappa shape index (κ1) is 29.3. The average Bonchev–Trinajstić information content (AvgIpc) is 3.47. The molecule has 0 fully saturated rings. The second-order valence-electron chi connectivity index (χ2n) is 11.1. The van der Waals surface area contributed by atoms with E-state index < -0.39 is 29.4 Å². The Balaban J connectivity index is 1.57. The van der Waals surface area contributed by atoms with Crippen molar-refractivity contribution in [2.24, 2.45) is 5.41 Å². The number of hydrogen-bond acceptors (Lipinski definition) is 4. The minimum Gasteiger partial charge on any atom is -0.461 e. The molecule has 2 N–H and O–H groups in total. The molecule has 4 rings (SSSR count). The van der Waals surface area contributed by atoms with Gasteiger partial charge in [-0.05, 0) is 39.3 Å². The molecule has 0 spiro atoms. The van der Waals surface area contributed by atoms with Crippen molar-refractivity contribution >= 4 is 17.8 Å². The summed E-state index contributed by atoms with van der Waals surface area (Å²) in [7, 11) is 1.53. The van der Waals surface area contributed by atoms with Crippen molar-refractivity contribution in [2.75, 3.05) is 7.05 Å². The molecule has 7 nitrogen and oxygen atoms in total. The van der Waals surface area contributed by atoms with Crippen LogP contribution >= 0.6 is 0 Å². The highest BCUT2D eigenvalue weighted by molar-refractivity contribution is 5.91. The monoisotopic (exact) mass is 551 g/mol. The number of ether oxygens (including phenoxy) is 1. The van der Waals surface area contributed by atoms with Gasteiger partial charge in [-0.1, -0.05) is 106 Å². The lowest BCUT2D eigenvalue weighted by molar-refractivity contribution is -0.148. The van der Waals surface area contributed by atoms with Crippen LogP contribution in [0.3, 0.4) is 0 Å². The fourth-order valence-electron chi connectivity index (χ4n) is 4.61. The quantitative estimate of drug-likeness (QED) is 0.245. The van der Waals surface area contributed by atoms with E-state index in [1.54, 1.807) is 10.8 Å². The molecule has 7 heteroatoms. The van der Waals surface area contributed by atoms with E-state index in [4.69, 9.17) is 4.74 Å². The van der Waals surface area contributed by atoms with Crippen molar-refractivity contribution in [1.82, 2.24) is 15.2 Å². The zero-order valence-corrected chi connectivity index (χ0v) is 24.0. The second kappa shape index (κ2) is 13.1. The maximum atomic E-state index is 13.7. The number of hydrogen-bond donors (Lipinski definition) is 2. The van der Waals surface area contributed by atoms with Gasteiger partial charge in [0.05, 0.1) is 6.42 Å². The zero-order valence-electron chi connectivity index (χ0n) is 24.0. The molecule has 0 bridgehead atoms. The van der Waals surface area contributed by atoms with Gasteiger partial charge >= 0.3 is 5.97 Å². The molecule has 0 saturated heterocycles. The molecule has 4 aromatic rings. The lowest BCUT2D eigenvalue weighted by Gasteiger charge is -2.31. The zero-order chi connectivity index (χ0) is 29.4. The number of nitrogens with zero attached hydrogens (tertiary/aromatic N) is 1. The number of rotatable bonds is 10. The summed E-state index contributed by atoms with van der Waals surface area (Å²) in [5.41, 5.74) is 4.43. The molecule has 3 aromatic carbocycles. The van der Waals surface area contributed by atoms with Gasteiger partial charge in [0.1, 0.15) is 18.7 Å². The van der Waals surface area contributed by atoms with Crippen LogP contribution in [0.5, 0.6) is 0 Å². The SMILES string of the molecule is CNC(=O)C(NC(=O)C(CC(=O)OCc1ccccc1)n1ccc(-c2ccc(-c3ccccc3)cc2)c1)C(C)(C)C. The molecule has 0 aliphatic carbocycles. The van der Waals surface area contributed by atoms with E-state index >= 15 is 0 Å². The highest BCUT2D eigenvalue weighted by Crippen LogP contribution is 2.27. The maximum Gasteiger partial charge on any atom is 0.308 e. The van der Waals surface area contributed by atoms with Crippen molar-refractivity contribution in [1.29, 1.82) is 0 Å². The van der Waals surface area contributed by atoms with E-state index in [0.717, 1.165) is 27.8 Å². The van der Waals surface area contributed by atoms with Gasteiger partial charge in [-0.25, -0.2) is 0 Å². The fourth-order valence-corrected chi connectivity index (χ4v) is 4.61. The van der Waals surface area contributed by atoms with E-state index in [0.29, 0.717) is 0 Å². The first-order valence-corrected chi connectivity index (χ1v) is 13.7. The number of benzene rings is 3. The molecule has 41 heavy (non-hydrogen) atoms. The Morgan fingerprint density at radius 1 is 0.756 bits per heavy atom. The molecular weight excluding hydrogens is 514 g/mol. The number of likely N-dealkylation sites (N-methyl/N-ethyl adjacent to an activating group) is 1. The van der Waals surface area contributed by atoms with Gasteiger partial charge in [0.2, 0.25) is 11.8 Å². The van der Waals surface area contributed by atoms with Gasteiger partial charge in [0.25, 0.3) is 0 Å². The van der Waals surface area contributed by atoms with Crippen LogP contribution in [0.25, 0.3) is 22.3 Å². The summed E-state index contributed by atoms with van der Waals surface area (Å²) in [6, 6.07) is 27.9. The number of carbonyl (C=O) groups is 3. The third-order valence-electron chi connectivity index (χ3n) is 6.97. The van der Waals surface area contributed by atoms with E-state index in [2.05, 4.69) is 34.9 Å². The first-order chi connectivity index (χ1) is 19.7. The Hall–Kier alpha value is -4.65. The molecular formula is C34H37N3O4. The van der Waals surface area contributed by atoms with Crippen LogP contribution in [0.1, 0.15) is 38.8 Å². The van der Waals surface area contributed by atoms with Crippen molar-refractivity contribution in [2.45, 2.75) is 45.9 Å². The predicted octanol–water partition coefficient (Wildman–Crippen LogP) is 5.77. The van der Waals surface area contributed by atoms with Crippen LogP contribution < -0.4 is 10.6 Å². The molecule has 0 aliphatic rings. The van der Waals surface area contributed by atoms with Crippen LogP contribution in [0.4, 0.5) is 0 Å². The van der Waals surface area contributed by atoms with Crippen LogP contribution in [0.2, 0.25) is 0 Å². The van der Waals surface area contributed by atoms with Crippen LogP contribution in [0, 0.1) is 5.41 Å². The van der Waals surface area contributed by atoms with Crippen LogP contribution in [-0.2, 0) is 25.7 Å². The Labute approximate surface area is 241 Å². The summed E-state index contributed by atoms with van der Waals surface area (Å²) < 4.78 is 7.22. The minimum atomic E-state index is -0.912. The van der Waals surface area contributed by atoms with Crippen molar-refractivity contribution in [3.05, 3.63) is 109 Å². The number of amides is 2. The maximum absolute atomic E-state index is 13.7.